The van der Waals surface area contributed by atoms with Crippen molar-refractivity contribution in [1.29, 1.82) is 0 Å². The van der Waals surface area contributed by atoms with Crippen molar-refractivity contribution in [3.05, 3.63) is 23.3 Å². The summed E-state index contributed by atoms with van der Waals surface area (Å²) in [6, 6.07) is 4.37. The minimum absolute atomic E-state index is 0.216. The number of hydrogen-bond donors (Lipinski definition) is 1. The number of rotatable bonds is 5. The van der Waals surface area contributed by atoms with E-state index >= 15 is 0 Å². The summed E-state index contributed by atoms with van der Waals surface area (Å²) in [5.74, 6) is 1.73. The van der Waals surface area contributed by atoms with Gasteiger partial charge in [-0.25, -0.2) is 0 Å². The maximum absolute atomic E-state index is 5.79. The smallest absolute Gasteiger partial charge is 0.231 e. The highest BCUT2D eigenvalue weighted by Crippen LogP contribution is 2.34. The lowest BCUT2D eigenvalue weighted by molar-refractivity contribution is 0.174. The molecule has 0 bridgehead atoms. The van der Waals surface area contributed by atoms with E-state index in [1.807, 2.05) is 6.92 Å². The van der Waals surface area contributed by atoms with Crippen LogP contribution < -0.4 is 15.2 Å². The second kappa shape index (κ2) is 5.59. The molecule has 2 rings (SSSR count). The maximum Gasteiger partial charge on any atom is 0.231 e. The molecule has 1 atom stereocenters. The Morgan fingerprint density at radius 3 is 2.67 bits per heavy atom. The average Bonchev–Trinajstić information content (AvgIpc) is 2.71. The normalized spacial score (nSPS) is 15.2. The molecule has 0 aliphatic carbocycles. The zero-order valence-corrected chi connectivity index (χ0v) is 11.4. The largest absolute Gasteiger partial charge is 0.454 e. The van der Waals surface area contributed by atoms with Gasteiger partial charge >= 0.3 is 0 Å². The fourth-order valence-electron chi connectivity index (χ4n) is 2.25. The summed E-state index contributed by atoms with van der Waals surface area (Å²) < 4.78 is 10.8. The van der Waals surface area contributed by atoms with Gasteiger partial charge in [0.05, 0.1) is 0 Å². The molecule has 0 aromatic heterocycles. The molecule has 0 saturated carbocycles. The van der Waals surface area contributed by atoms with E-state index in [-0.39, 0.29) is 6.04 Å². The quantitative estimate of drug-likeness (QED) is 0.861. The summed E-state index contributed by atoms with van der Waals surface area (Å²) >= 11 is 0. The molecule has 100 valence electrons. The van der Waals surface area contributed by atoms with E-state index in [2.05, 4.69) is 31.0 Å². The van der Waals surface area contributed by atoms with Crippen molar-refractivity contribution in [3.8, 4) is 11.5 Å². The monoisotopic (exact) mass is 250 g/mol. The third-order valence-corrected chi connectivity index (χ3v) is 3.19. The molecule has 0 fully saturated rings. The van der Waals surface area contributed by atoms with Crippen LogP contribution in [0.3, 0.4) is 0 Å². The molecule has 4 heteroatoms. The summed E-state index contributed by atoms with van der Waals surface area (Å²) in [4.78, 5) is 2.26. The molecular weight excluding hydrogens is 228 g/mol. The van der Waals surface area contributed by atoms with Crippen LogP contribution in [0.2, 0.25) is 0 Å². The number of fused-ring (bicyclic) bond motifs is 1. The summed E-state index contributed by atoms with van der Waals surface area (Å²) in [5.41, 5.74) is 8.36. The fraction of sp³-hybridized carbons (Fsp3) is 0.571. The number of hydrogen-bond acceptors (Lipinski definition) is 4. The molecule has 1 heterocycles. The number of nitrogens with two attached hydrogens (primary N) is 1. The average molecular weight is 250 g/mol. The van der Waals surface area contributed by atoms with Crippen molar-refractivity contribution in [2.45, 2.75) is 26.3 Å². The van der Waals surface area contributed by atoms with E-state index in [0.29, 0.717) is 6.79 Å². The molecule has 0 radical (unpaired) electrons. The number of nitrogens with zero attached hydrogens (tertiary/aromatic N) is 1. The Kier molecular flexibility index (Phi) is 4.09. The van der Waals surface area contributed by atoms with Crippen LogP contribution in [0.15, 0.2) is 12.1 Å². The zero-order valence-electron chi connectivity index (χ0n) is 11.4. The van der Waals surface area contributed by atoms with E-state index in [9.17, 15) is 0 Å². The van der Waals surface area contributed by atoms with Gasteiger partial charge in [-0.3, -0.25) is 0 Å². The molecule has 1 aliphatic heterocycles. The van der Waals surface area contributed by atoms with Gasteiger partial charge in [0.15, 0.2) is 11.5 Å². The zero-order chi connectivity index (χ0) is 13.1. The van der Waals surface area contributed by atoms with Gasteiger partial charge in [-0.15, -0.1) is 0 Å². The van der Waals surface area contributed by atoms with Gasteiger partial charge in [-0.1, -0.05) is 0 Å². The molecule has 0 saturated heterocycles. The van der Waals surface area contributed by atoms with Crippen LogP contribution in [0.5, 0.6) is 11.5 Å². The Labute approximate surface area is 109 Å². The van der Waals surface area contributed by atoms with Gasteiger partial charge in [-0.05, 0) is 50.6 Å². The first kappa shape index (κ1) is 13.2. The van der Waals surface area contributed by atoms with Gasteiger partial charge in [0.25, 0.3) is 0 Å². The van der Waals surface area contributed by atoms with Gasteiger partial charge in [0, 0.05) is 19.1 Å². The molecule has 4 nitrogen and oxygen atoms in total. The van der Waals surface area contributed by atoms with Crippen molar-refractivity contribution < 1.29 is 9.47 Å². The third kappa shape index (κ3) is 3.15. The SMILES string of the molecule is Cc1cc2c(cc1CCN(C)CC(C)N)OCO2. The summed E-state index contributed by atoms with van der Waals surface area (Å²) in [7, 11) is 2.10. The molecule has 18 heavy (non-hydrogen) atoms. The van der Waals surface area contributed by atoms with Crippen LogP contribution in [-0.4, -0.2) is 37.9 Å². The molecule has 0 amide bonds. The highest BCUT2D eigenvalue weighted by atomic mass is 16.7. The minimum atomic E-state index is 0.216. The first-order valence-electron chi connectivity index (χ1n) is 6.39. The molecule has 0 spiro atoms. The second-order valence-corrected chi connectivity index (χ2v) is 5.12. The highest BCUT2D eigenvalue weighted by molar-refractivity contribution is 5.48. The van der Waals surface area contributed by atoms with Gasteiger partial charge < -0.3 is 20.1 Å². The molecule has 1 aliphatic rings. The van der Waals surface area contributed by atoms with E-state index in [1.165, 1.54) is 11.1 Å². The summed E-state index contributed by atoms with van der Waals surface area (Å²) in [5, 5.41) is 0. The fourth-order valence-corrected chi connectivity index (χ4v) is 2.25. The predicted octanol–water partition coefficient (Wildman–Crippen LogP) is 1.55. The number of ether oxygens (including phenoxy) is 2. The lowest BCUT2D eigenvalue weighted by Crippen LogP contribution is -2.34. The Bertz CT molecular complexity index is 419. The molecule has 1 unspecified atom stereocenters. The van der Waals surface area contributed by atoms with Gasteiger partial charge in [0.1, 0.15) is 0 Å². The molecule has 2 N–H and O–H groups in total. The van der Waals surface area contributed by atoms with Gasteiger partial charge in [0.2, 0.25) is 6.79 Å². The van der Waals surface area contributed by atoms with E-state index in [0.717, 1.165) is 31.0 Å². The van der Waals surface area contributed by atoms with Crippen LogP contribution >= 0.6 is 0 Å². The highest BCUT2D eigenvalue weighted by Gasteiger charge is 2.15. The van der Waals surface area contributed by atoms with E-state index < -0.39 is 0 Å². The number of aryl methyl sites for hydroxylation is 1. The minimum Gasteiger partial charge on any atom is -0.454 e. The lowest BCUT2D eigenvalue weighted by atomic mass is 10.0. The Morgan fingerprint density at radius 2 is 2.00 bits per heavy atom. The Hall–Kier alpha value is -1.26. The Morgan fingerprint density at radius 1 is 1.33 bits per heavy atom. The first-order chi connectivity index (χ1) is 8.56. The standard InChI is InChI=1S/C14H22N2O2/c1-10-6-13-14(18-9-17-13)7-12(10)4-5-16(3)8-11(2)15/h6-7,11H,4-5,8-9,15H2,1-3H3. The van der Waals surface area contributed by atoms with Crippen molar-refractivity contribution in [3.63, 3.8) is 0 Å². The van der Waals surface area contributed by atoms with Crippen LogP contribution in [0, 0.1) is 6.92 Å². The molecule has 1 aromatic rings. The second-order valence-electron chi connectivity index (χ2n) is 5.12. The van der Waals surface area contributed by atoms with Crippen molar-refractivity contribution in [1.82, 2.24) is 4.90 Å². The number of likely N-dealkylation sites (N-methyl/N-ethyl adjacent to an activating group) is 1. The Balaban J connectivity index is 1.97. The van der Waals surface area contributed by atoms with Crippen molar-refractivity contribution in [2.24, 2.45) is 5.73 Å². The topological polar surface area (TPSA) is 47.7 Å². The maximum atomic E-state index is 5.79. The summed E-state index contributed by atoms with van der Waals surface area (Å²) in [6.07, 6.45) is 1.01. The third-order valence-electron chi connectivity index (χ3n) is 3.19. The van der Waals surface area contributed by atoms with Gasteiger partial charge in [-0.2, -0.15) is 0 Å². The lowest BCUT2D eigenvalue weighted by Gasteiger charge is -2.19. The first-order valence-corrected chi connectivity index (χ1v) is 6.39. The molecular formula is C14H22N2O2. The predicted molar refractivity (Wildman–Crippen MR) is 72.2 cm³/mol. The molecule has 1 aromatic carbocycles. The van der Waals surface area contributed by atoms with Crippen LogP contribution in [0.25, 0.3) is 0 Å². The van der Waals surface area contributed by atoms with Crippen molar-refractivity contribution >= 4 is 0 Å². The van der Waals surface area contributed by atoms with Crippen LogP contribution in [0.1, 0.15) is 18.1 Å². The van der Waals surface area contributed by atoms with Crippen LogP contribution in [0.4, 0.5) is 0 Å². The number of benzene rings is 1. The summed E-state index contributed by atoms with van der Waals surface area (Å²) in [6.45, 7) is 6.40. The van der Waals surface area contributed by atoms with E-state index in [4.69, 9.17) is 15.2 Å². The van der Waals surface area contributed by atoms with E-state index in [1.54, 1.807) is 0 Å². The van der Waals surface area contributed by atoms with Crippen LogP contribution in [-0.2, 0) is 6.42 Å². The van der Waals surface area contributed by atoms with Crippen molar-refractivity contribution in [2.75, 3.05) is 26.9 Å².